The van der Waals surface area contributed by atoms with E-state index in [4.69, 9.17) is 10.5 Å². The number of hydrazine groups is 1. The van der Waals surface area contributed by atoms with E-state index in [-0.39, 0.29) is 17.2 Å². The number of amides is 1. The van der Waals surface area contributed by atoms with Gasteiger partial charge < -0.3 is 10.5 Å². The van der Waals surface area contributed by atoms with Crippen molar-refractivity contribution in [2.45, 2.75) is 25.2 Å². The number of carbonyl (C=O) groups excluding carboxylic acids is 2. The number of nitrogens with one attached hydrogen (secondary N) is 1. The minimum Gasteiger partial charge on any atom is -0.497 e. The normalized spacial score (nSPS) is 18.4. The summed E-state index contributed by atoms with van der Waals surface area (Å²) >= 11 is 0. The van der Waals surface area contributed by atoms with Gasteiger partial charge in [-0.1, -0.05) is 12.1 Å². The minimum atomic E-state index is -0.616. The number of carbonyl (C=O) groups is 2. The lowest BCUT2D eigenvalue weighted by Crippen LogP contribution is -2.48. The van der Waals surface area contributed by atoms with Crippen LogP contribution in [0.2, 0.25) is 0 Å². The predicted octanol–water partition coefficient (Wildman–Crippen LogP) is 2.54. The lowest BCUT2D eigenvalue weighted by Gasteiger charge is -2.39. The molecule has 3 N–H and O–H groups in total. The molecule has 1 unspecified atom stereocenters. The molecule has 0 radical (unpaired) electrons. The highest BCUT2D eigenvalue weighted by Gasteiger charge is 2.40. The second-order valence-corrected chi connectivity index (χ2v) is 7.28. The van der Waals surface area contributed by atoms with Crippen molar-refractivity contribution in [3.8, 4) is 11.8 Å². The van der Waals surface area contributed by atoms with Crippen LogP contribution >= 0.6 is 0 Å². The van der Waals surface area contributed by atoms with Crippen LogP contribution in [0.15, 0.2) is 71.5 Å². The summed E-state index contributed by atoms with van der Waals surface area (Å²) in [5.74, 6) is -0.394. The third-order valence-corrected chi connectivity index (χ3v) is 5.48. The van der Waals surface area contributed by atoms with Crippen molar-refractivity contribution in [3.05, 3.63) is 82.6 Å². The molecule has 156 valence electrons. The van der Waals surface area contributed by atoms with Gasteiger partial charge in [0.25, 0.3) is 5.91 Å². The van der Waals surface area contributed by atoms with Crippen LogP contribution in [-0.2, 0) is 4.79 Å². The summed E-state index contributed by atoms with van der Waals surface area (Å²) in [7, 11) is 1.56. The second kappa shape index (κ2) is 8.32. The average molecular weight is 415 g/mol. The maximum Gasteiger partial charge on any atom is 0.271 e. The average Bonchev–Trinajstić information content (AvgIpc) is 2.81. The van der Waals surface area contributed by atoms with E-state index in [1.54, 1.807) is 37.6 Å². The van der Waals surface area contributed by atoms with E-state index in [0.717, 1.165) is 5.56 Å². The molecule has 0 spiro atoms. The zero-order chi connectivity index (χ0) is 22.0. The fourth-order valence-corrected chi connectivity index (χ4v) is 4.03. The van der Waals surface area contributed by atoms with Crippen molar-refractivity contribution in [1.29, 1.82) is 5.26 Å². The van der Waals surface area contributed by atoms with Crippen molar-refractivity contribution in [2.75, 3.05) is 7.11 Å². The molecule has 0 bridgehead atoms. The van der Waals surface area contributed by atoms with Crippen LogP contribution in [0.25, 0.3) is 0 Å². The summed E-state index contributed by atoms with van der Waals surface area (Å²) in [5.41, 5.74) is 11.5. The Kier molecular flexibility index (Phi) is 5.41. The minimum absolute atomic E-state index is 0.0602. The highest BCUT2D eigenvalue weighted by Crippen LogP contribution is 2.44. The molecule has 1 aliphatic heterocycles. The van der Waals surface area contributed by atoms with Crippen LogP contribution in [0.1, 0.15) is 41.1 Å². The molecule has 1 aromatic carbocycles. The van der Waals surface area contributed by atoms with Crippen LogP contribution in [-0.4, -0.2) is 28.8 Å². The quantitative estimate of drug-likeness (QED) is 0.787. The number of Topliss-reactive ketones (excluding diaryl/α,β-unsaturated/α-hetero) is 1. The van der Waals surface area contributed by atoms with Gasteiger partial charge in [0, 0.05) is 30.1 Å². The number of allylic oxidation sites excluding steroid dienone is 3. The monoisotopic (exact) mass is 415 g/mol. The number of hydrogen-bond acceptors (Lipinski definition) is 7. The first-order valence-corrected chi connectivity index (χ1v) is 9.86. The van der Waals surface area contributed by atoms with Gasteiger partial charge >= 0.3 is 0 Å². The summed E-state index contributed by atoms with van der Waals surface area (Å²) in [5, 5.41) is 11.3. The highest BCUT2D eigenvalue weighted by atomic mass is 16.5. The summed E-state index contributed by atoms with van der Waals surface area (Å²) in [4.78, 5) is 29.7. The Bertz CT molecular complexity index is 1150. The van der Waals surface area contributed by atoms with E-state index in [2.05, 4.69) is 16.5 Å². The largest absolute Gasteiger partial charge is 0.497 e. The van der Waals surface area contributed by atoms with Gasteiger partial charge in [-0.15, -0.1) is 0 Å². The topological polar surface area (TPSA) is 121 Å². The molecule has 1 amide bonds. The van der Waals surface area contributed by atoms with Crippen LogP contribution in [0.4, 0.5) is 0 Å². The van der Waals surface area contributed by atoms with Crippen molar-refractivity contribution in [2.24, 2.45) is 5.73 Å². The number of aromatic nitrogens is 1. The molecular weight excluding hydrogens is 394 g/mol. The molecule has 1 aromatic heterocycles. The molecule has 8 heteroatoms. The maximum absolute atomic E-state index is 13.0. The molecule has 0 saturated heterocycles. The van der Waals surface area contributed by atoms with Crippen LogP contribution in [0.5, 0.6) is 5.75 Å². The number of nitrogens with two attached hydrogens (primary N) is 1. The molecule has 2 aliphatic rings. The Balaban J connectivity index is 1.82. The smallest absolute Gasteiger partial charge is 0.271 e. The van der Waals surface area contributed by atoms with E-state index in [1.165, 1.54) is 11.2 Å². The highest BCUT2D eigenvalue weighted by molar-refractivity contribution is 6.00. The Labute approximate surface area is 179 Å². The summed E-state index contributed by atoms with van der Waals surface area (Å²) < 4.78 is 5.32. The maximum atomic E-state index is 13.0. The molecular formula is C23H21N5O3. The van der Waals surface area contributed by atoms with Gasteiger partial charge in [-0.25, -0.2) is 5.01 Å². The number of rotatable bonds is 4. The first-order valence-electron chi connectivity index (χ1n) is 9.86. The van der Waals surface area contributed by atoms with Crippen molar-refractivity contribution in [3.63, 3.8) is 0 Å². The van der Waals surface area contributed by atoms with Gasteiger partial charge in [0.2, 0.25) is 0 Å². The van der Waals surface area contributed by atoms with E-state index in [1.807, 2.05) is 12.1 Å². The Hall–Kier alpha value is -4.12. The number of nitrogens with zero attached hydrogens (tertiary/aromatic N) is 3. The molecule has 0 saturated carbocycles. The third-order valence-electron chi connectivity index (χ3n) is 5.48. The summed E-state index contributed by atoms with van der Waals surface area (Å²) in [6.45, 7) is 0. The lowest BCUT2D eigenvalue weighted by atomic mass is 9.76. The van der Waals surface area contributed by atoms with E-state index in [9.17, 15) is 14.9 Å². The van der Waals surface area contributed by atoms with Crippen LogP contribution < -0.4 is 15.9 Å². The van der Waals surface area contributed by atoms with Gasteiger partial charge in [0.15, 0.2) is 5.78 Å². The van der Waals surface area contributed by atoms with Gasteiger partial charge in [-0.2, -0.15) is 5.26 Å². The molecule has 8 nitrogen and oxygen atoms in total. The molecule has 2 heterocycles. The van der Waals surface area contributed by atoms with E-state index in [0.29, 0.717) is 41.8 Å². The van der Waals surface area contributed by atoms with Gasteiger partial charge in [-0.3, -0.25) is 20.0 Å². The number of benzene rings is 1. The Morgan fingerprint density at radius 2 is 2.16 bits per heavy atom. The van der Waals surface area contributed by atoms with Crippen molar-refractivity contribution in [1.82, 2.24) is 15.4 Å². The molecule has 1 aliphatic carbocycles. The standard InChI is InChI=1S/C23H21N5O3/c1-31-16-7-2-5-14(11-16)20-17(12-24)22(25)28(18-8-3-9-19(29)21(18)20)27-23(30)15-6-4-10-26-13-15/h2,4-7,10-11,13,20H,3,8-9,25H2,1H3,(H,27,30). The zero-order valence-corrected chi connectivity index (χ0v) is 17.0. The van der Waals surface area contributed by atoms with E-state index < -0.39 is 11.8 Å². The first kappa shape index (κ1) is 20.2. The SMILES string of the molecule is COc1cccc(C2C(C#N)=C(N)N(NC(=O)c3cccnc3)C3=C2C(=O)CCC3)c1. The number of ether oxygens (including phenoxy) is 1. The number of methoxy groups -OCH3 is 1. The lowest BCUT2D eigenvalue weighted by molar-refractivity contribution is -0.116. The van der Waals surface area contributed by atoms with Crippen LogP contribution in [0.3, 0.4) is 0 Å². The Morgan fingerprint density at radius 1 is 1.32 bits per heavy atom. The van der Waals surface area contributed by atoms with Crippen molar-refractivity contribution < 1.29 is 14.3 Å². The number of ketones is 1. The fourth-order valence-electron chi connectivity index (χ4n) is 4.03. The number of nitriles is 1. The molecule has 4 rings (SSSR count). The third kappa shape index (κ3) is 3.62. The van der Waals surface area contributed by atoms with Crippen molar-refractivity contribution >= 4 is 11.7 Å². The number of hydrogen-bond donors (Lipinski definition) is 2. The first-order chi connectivity index (χ1) is 15.0. The van der Waals surface area contributed by atoms with E-state index >= 15 is 0 Å². The van der Waals surface area contributed by atoms with Crippen LogP contribution in [0, 0.1) is 11.3 Å². The molecule has 2 aromatic rings. The van der Waals surface area contributed by atoms with Gasteiger partial charge in [-0.05, 0) is 42.7 Å². The Morgan fingerprint density at radius 3 is 2.87 bits per heavy atom. The number of pyridine rings is 1. The molecule has 0 fully saturated rings. The molecule has 31 heavy (non-hydrogen) atoms. The van der Waals surface area contributed by atoms with Gasteiger partial charge in [0.05, 0.1) is 30.2 Å². The van der Waals surface area contributed by atoms with Gasteiger partial charge in [0.1, 0.15) is 11.6 Å². The fraction of sp³-hybridized carbons (Fsp3) is 0.217. The zero-order valence-electron chi connectivity index (χ0n) is 17.0. The summed E-state index contributed by atoms with van der Waals surface area (Å²) in [6, 6.07) is 12.7. The molecule has 1 atom stereocenters. The summed E-state index contributed by atoms with van der Waals surface area (Å²) in [6.07, 6.45) is 4.57. The second-order valence-electron chi connectivity index (χ2n) is 7.28. The predicted molar refractivity (Wildman–Crippen MR) is 112 cm³/mol.